The van der Waals surface area contributed by atoms with E-state index in [2.05, 4.69) is 31.4 Å². The van der Waals surface area contributed by atoms with Gasteiger partial charge < -0.3 is 15.4 Å². The molecule has 0 saturated carbocycles. The first-order chi connectivity index (χ1) is 9.04. The fourth-order valence-electron chi connectivity index (χ4n) is 1.41. The van der Waals surface area contributed by atoms with Crippen molar-refractivity contribution >= 4 is 0 Å². The van der Waals surface area contributed by atoms with E-state index in [1.54, 1.807) is 0 Å². The zero-order valence-corrected chi connectivity index (χ0v) is 14.9. The van der Waals surface area contributed by atoms with Crippen LogP contribution in [0.2, 0.25) is 0 Å². The van der Waals surface area contributed by atoms with E-state index in [1.807, 2.05) is 34.9 Å². The molecule has 3 heteroatoms. The van der Waals surface area contributed by atoms with E-state index in [0.29, 0.717) is 5.41 Å². The van der Waals surface area contributed by atoms with Crippen molar-refractivity contribution in [1.29, 1.82) is 0 Å². The molecule has 0 bridgehead atoms. The standard InChI is InChI=1S/C9H21NO.C5H13N.C2H6/c1-5-11-7-6-9(2,3)8-10-4;1-3-4-5-6-2;1-2/h10H,5-8H2,1-4H3;6H,3-5H2,1-2H3;1-2H3. The topological polar surface area (TPSA) is 33.3 Å². The second-order valence-electron chi connectivity index (χ2n) is 5.10. The number of hydrogen-bond donors (Lipinski definition) is 2. The van der Waals surface area contributed by atoms with Crippen LogP contribution in [0.15, 0.2) is 0 Å². The first-order valence-electron chi connectivity index (χ1n) is 7.91. The van der Waals surface area contributed by atoms with Crippen molar-refractivity contribution in [1.82, 2.24) is 10.6 Å². The van der Waals surface area contributed by atoms with Gasteiger partial charge in [0.1, 0.15) is 0 Å². The third-order valence-corrected chi connectivity index (χ3v) is 2.56. The lowest BCUT2D eigenvalue weighted by Gasteiger charge is -2.23. The molecule has 0 unspecified atom stereocenters. The maximum Gasteiger partial charge on any atom is 0.0471 e. The summed E-state index contributed by atoms with van der Waals surface area (Å²) in [5.41, 5.74) is 0.365. The van der Waals surface area contributed by atoms with Gasteiger partial charge >= 0.3 is 0 Å². The van der Waals surface area contributed by atoms with E-state index in [1.165, 1.54) is 12.8 Å². The van der Waals surface area contributed by atoms with Gasteiger partial charge in [0.05, 0.1) is 0 Å². The number of unbranched alkanes of at least 4 members (excludes halogenated alkanes) is 1. The molecule has 0 atom stereocenters. The largest absolute Gasteiger partial charge is 0.382 e. The van der Waals surface area contributed by atoms with Crippen LogP contribution in [-0.4, -0.2) is 40.4 Å². The molecular weight excluding hydrogens is 236 g/mol. The van der Waals surface area contributed by atoms with Crippen LogP contribution in [0.1, 0.15) is 60.8 Å². The van der Waals surface area contributed by atoms with Gasteiger partial charge in [-0.2, -0.15) is 0 Å². The summed E-state index contributed by atoms with van der Waals surface area (Å²) in [4.78, 5) is 0. The zero-order valence-electron chi connectivity index (χ0n) is 14.9. The summed E-state index contributed by atoms with van der Waals surface area (Å²) >= 11 is 0. The van der Waals surface area contributed by atoms with Crippen molar-refractivity contribution in [2.24, 2.45) is 5.41 Å². The monoisotopic (exact) mass is 276 g/mol. The van der Waals surface area contributed by atoms with Crippen molar-refractivity contribution in [3.05, 3.63) is 0 Å². The highest BCUT2D eigenvalue weighted by atomic mass is 16.5. The maximum atomic E-state index is 5.29. The molecule has 0 amide bonds. The quantitative estimate of drug-likeness (QED) is 0.630. The van der Waals surface area contributed by atoms with Crippen LogP contribution in [0.5, 0.6) is 0 Å². The molecule has 0 radical (unpaired) electrons. The Kier molecular flexibility index (Phi) is 25.5. The fraction of sp³-hybridized carbons (Fsp3) is 1.00. The van der Waals surface area contributed by atoms with E-state index in [4.69, 9.17) is 4.74 Å². The lowest BCUT2D eigenvalue weighted by atomic mass is 9.90. The highest BCUT2D eigenvalue weighted by Gasteiger charge is 2.15. The molecule has 0 fully saturated rings. The number of ether oxygens (including phenoxy) is 1. The molecule has 0 aliphatic rings. The van der Waals surface area contributed by atoms with Gasteiger partial charge in [0.25, 0.3) is 0 Å². The van der Waals surface area contributed by atoms with Crippen LogP contribution in [0.3, 0.4) is 0 Å². The summed E-state index contributed by atoms with van der Waals surface area (Å²) in [6.07, 6.45) is 3.72. The van der Waals surface area contributed by atoms with Gasteiger partial charge in [-0.25, -0.2) is 0 Å². The third kappa shape index (κ3) is 27.2. The number of nitrogens with one attached hydrogen (secondary N) is 2. The molecule has 120 valence electrons. The van der Waals surface area contributed by atoms with E-state index in [0.717, 1.165) is 32.7 Å². The predicted molar refractivity (Wildman–Crippen MR) is 89.0 cm³/mol. The molecule has 0 aromatic carbocycles. The summed E-state index contributed by atoms with van der Waals surface area (Å²) in [7, 11) is 3.97. The highest BCUT2D eigenvalue weighted by molar-refractivity contribution is 4.69. The summed E-state index contributed by atoms with van der Waals surface area (Å²) in [5.74, 6) is 0. The smallest absolute Gasteiger partial charge is 0.0471 e. The van der Waals surface area contributed by atoms with Crippen LogP contribution in [0.25, 0.3) is 0 Å². The van der Waals surface area contributed by atoms with Crippen molar-refractivity contribution in [3.63, 3.8) is 0 Å². The molecule has 19 heavy (non-hydrogen) atoms. The van der Waals surface area contributed by atoms with Crippen LogP contribution in [0, 0.1) is 5.41 Å². The Morgan fingerprint density at radius 1 is 1.00 bits per heavy atom. The number of rotatable bonds is 9. The fourth-order valence-corrected chi connectivity index (χ4v) is 1.41. The van der Waals surface area contributed by atoms with Gasteiger partial charge in [-0.15, -0.1) is 0 Å². The summed E-state index contributed by atoms with van der Waals surface area (Å²) in [6.45, 7) is 16.7. The lowest BCUT2D eigenvalue weighted by Crippen LogP contribution is -2.27. The van der Waals surface area contributed by atoms with Gasteiger partial charge in [-0.05, 0) is 45.8 Å². The van der Waals surface area contributed by atoms with E-state index >= 15 is 0 Å². The molecule has 0 saturated heterocycles. The molecule has 0 aliphatic carbocycles. The average Bonchev–Trinajstić information content (AvgIpc) is 2.39. The lowest BCUT2D eigenvalue weighted by molar-refractivity contribution is 0.114. The molecular formula is C16H40N2O. The van der Waals surface area contributed by atoms with Gasteiger partial charge in [-0.3, -0.25) is 0 Å². The number of hydrogen-bond acceptors (Lipinski definition) is 3. The summed E-state index contributed by atoms with van der Waals surface area (Å²) in [5, 5.41) is 6.25. The van der Waals surface area contributed by atoms with Gasteiger partial charge in [0, 0.05) is 19.8 Å². The molecule has 0 aromatic heterocycles. The minimum Gasteiger partial charge on any atom is -0.382 e. The molecule has 3 nitrogen and oxygen atoms in total. The van der Waals surface area contributed by atoms with Gasteiger partial charge in [0.2, 0.25) is 0 Å². The average molecular weight is 277 g/mol. The SMILES string of the molecule is CC.CCCCNC.CCOCCC(C)(C)CNC. The third-order valence-electron chi connectivity index (χ3n) is 2.56. The highest BCUT2D eigenvalue weighted by Crippen LogP contribution is 2.18. The van der Waals surface area contributed by atoms with Crippen LogP contribution in [0.4, 0.5) is 0 Å². The Bertz CT molecular complexity index is 135. The van der Waals surface area contributed by atoms with Crippen molar-refractivity contribution in [3.8, 4) is 0 Å². The molecule has 2 N–H and O–H groups in total. The molecule has 0 spiro atoms. The molecule has 0 rings (SSSR count). The Morgan fingerprint density at radius 3 is 1.89 bits per heavy atom. The Hall–Kier alpha value is -0.120. The minimum absolute atomic E-state index is 0.365. The van der Waals surface area contributed by atoms with Crippen LogP contribution >= 0.6 is 0 Å². The van der Waals surface area contributed by atoms with Crippen molar-refractivity contribution < 1.29 is 4.74 Å². The molecule has 0 aliphatic heterocycles. The Morgan fingerprint density at radius 2 is 1.58 bits per heavy atom. The van der Waals surface area contributed by atoms with Crippen LogP contribution in [-0.2, 0) is 4.74 Å². The predicted octanol–water partition coefficient (Wildman–Crippen LogP) is 3.69. The Labute approximate surface area is 122 Å². The summed E-state index contributed by atoms with van der Waals surface area (Å²) < 4.78 is 5.29. The normalized spacial score (nSPS) is 10.1. The van der Waals surface area contributed by atoms with E-state index in [9.17, 15) is 0 Å². The molecule has 0 heterocycles. The maximum absolute atomic E-state index is 5.29. The zero-order chi connectivity index (χ0) is 15.6. The van der Waals surface area contributed by atoms with Gasteiger partial charge in [0.15, 0.2) is 0 Å². The van der Waals surface area contributed by atoms with Crippen LogP contribution < -0.4 is 10.6 Å². The first kappa shape index (κ1) is 23.9. The Balaban J connectivity index is -0.000000271. The first-order valence-corrected chi connectivity index (χ1v) is 7.91. The second-order valence-corrected chi connectivity index (χ2v) is 5.10. The van der Waals surface area contributed by atoms with E-state index in [-0.39, 0.29) is 0 Å². The second kappa shape index (κ2) is 20.2. The van der Waals surface area contributed by atoms with Gasteiger partial charge in [-0.1, -0.05) is 41.0 Å². The summed E-state index contributed by atoms with van der Waals surface area (Å²) in [6, 6.07) is 0. The van der Waals surface area contributed by atoms with E-state index < -0.39 is 0 Å². The minimum atomic E-state index is 0.365. The van der Waals surface area contributed by atoms with Crippen molar-refractivity contribution in [2.45, 2.75) is 60.8 Å². The van der Waals surface area contributed by atoms with Crippen molar-refractivity contribution in [2.75, 3.05) is 40.4 Å². The molecule has 0 aromatic rings.